The van der Waals surface area contributed by atoms with Crippen molar-refractivity contribution >= 4 is 34.0 Å². The number of pyridine rings is 2. The number of hydrogen-bond donors (Lipinski definition) is 2. The summed E-state index contributed by atoms with van der Waals surface area (Å²) in [5.74, 6) is -0.903. The molecule has 0 amide bonds. The van der Waals surface area contributed by atoms with E-state index >= 15 is 4.39 Å². The third-order valence-electron chi connectivity index (χ3n) is 7.93. The highest BCUT2D eigenvalue weighted by Crippen LogP contribution is 2.37. The molecule has 1 aliphatic heterocycles. The van der Waals surface area contributed by atoms with E-state index < -0.39 is 23.3 Å². The molecule has 0 bridgehead atoms. The van der Waals surface area contributed by atoms with Crippen LogP contribution in [0.3, 0.4) is 0 Å². The first-order valence-electron chi connectivity index (χ1n) is 14.6. The highest BCUT2D eigenvalue weighted by atomic mass is 35.5. The molecule has 1 aromatic carbocycles. The Labute approximate surface area is 268 Å². The highest BCUT2D eigenvalue weighted by molar-refractivity contribution is 6.35. The van der Waals surface area contributed by atoms with Crippen LogP contribution < -0.4 is 5.32 Å². The second kappa shape index (κ2) is 14.3. The molecule has 15 heteroatoms. The number of aryl methyl sites for hydroxylation is 1. The Bertz CT molecular complexity index is 1820. The smallest absolute Gasteiger partial charge is 0.187 e. The minimum absolute atomic E-state index is 0.0417. The monoisotopic (exact) mass is 648 g/mol. The molecule has 4 heterocycles. The number of rotatable bonds is 11. The van der Waals surface area contributed by atoms with Gasteiger partial charge in [-0.05, 0) is 49.9 Å². The molecule has 0 aliphatic carbocycles. The lowest BCUT2D eigenvalue weighted by atomic mass is 9.90. The topological polar surface area (TPSA) is 149 Å². The quantitative estimate of drug-likeness (QED) is 0.0603. The third-order valence-corrected chi connectivity index (χ3v) is 8.39. The maximum atomic E-state index is 15.4. The van der Waals surface area contributed by atoms with E-state index in [0.717, 1.165) is 0 Å². The molecule has 3 aromatic heterocycles. The summed E-state index contributed by atoms with van der Waals surface area (Å²) in [6.45, 7) is 13.7. The molecule has 0 unspecified atom stereocenters. The fraction of sp³-hybridized carbons (Fsp3) is 0.387. The van der Waals surface area contributed by atoms with Crippen LogP contribution in [0.15, 0.2) is 41.8 Å². The number of piperidine rings is 1. The van der Waals surface area contributed by atoms with Crippen LogP contribution in [0.5, 0.6) is 0 Å². The second-order valence-corrected chi connectivity index (χ2v) is 11.4. The van der Waals surface area contributed by atoms with E-state index in [2.05, 4.69) is 45.0 Å². The second-order valence-electron chi connectivity index (χ2n) is 11.0. The van der Waals surface area contributed by atoms with Crippen LogP contribution >= 0.6 is 11.6 Å². The van der Waals surface area contributed by atoms with Gasteiger partial charge < -0.3 is 20.1 Å². The lowest BCUT2D eigenvalue weighted by Crippen LogP contribution is -2.44. The Balaban J connectivity index is 1.35. The first kappa shape index (κ1) is 32.9. The molecule has 1 atom stereocenters. The highest BCUT2D eigenvalue weighted by Gasteiger charge is 2.36. The van der Waals surface area contributed by atoms with E-state index in [-0.39, 0.29) is 50.9 Å². The predicted octanol–water partition coefficient (Wildman–Crippen LogP) is 6.66. The van der Waals surface area contributed by atoms with Crippen molar-refractivity contribution in [2.45, 2.75) is 38.3 Å². The SMILES string of the molecule is [C-]#[N+]c1ccc(F)c([C@@H](C)Nc2c(Cl)c(C)nc3cc(F)c(-c4cnc(C5(O)CCN(CCOCCN=[N+]=[N-])CC5)nc4)nc23)c1. The number of halogens is 3. The van der Waals surface area contributed by atoms with E-state index in [0.29, 0.717) is 57.1 Å². The van der Waals surface area contributed by atoms with E-state index in [1.54, 1.807) is 13.8 Å². The number of ether oxygens (including phenoxy) is 1. The largest absolute Gasteiger partial charge is 0.382 e. The zero-order valence-corrected chi connectivity index (χ0v) is 26.0. The zero-order chi connectivity index (χ0) is 32.8. The molecule has 4 aromatic rings. The molecule has 2 N–H and O–H groups in total. The van der Waals surface area contributed by atoms with Gasteiger partial charge in [-0.3, -0.25) is 0 Å². The predicted molar refractivity (Wildman–Crippen MR) is 169 cm³/mol. The van der Waals surface area contributed by atoms with Gasteiger partial charge in [0.25, 0.3) is 0 Å². The number of hydrogen-bond acceptors (Lipinski definition) is 9. The van der Waals surface area contributed by atoms with Gasteiger partial charge in [-0.25, -0.2) is 33.6 Å². The Hall–Kier alpha value is -4.51. The molecule has 1 aliphatic rings. The molecule has 46 heavy (non-hydrogen) atoms. The lowest BCUT2D eigenvalue weighted by Gasteiger charge is -2.37. The molecule has 238 valence electrons. The van der Waals surface area contributed by atoms with Gasteiger partial charge in [-0.2, -0.15) is 0 Å². The van der Waals surface area contributed by atoms with Crippen LogP contribution in [0.25, 0.3) is 37.6 Å². The summed E-state index contributed by atoms with van der Waals surface area (Å²) < 4.78 is 35.6. The number of azide groups is 1. The van der Waals surface area contributed by atoms with Crippen molar-refractivity contribution in [2.75, 3.05) is 44.7 Å². The van der Waals surface area contributed by atoms with E-state index in [4.69, 9.17) is 28.4 Å². The number of anilines is 1. The van der Waals surface area contributed by atoms with Gasteiger partial charge in [-0.15, -0.1) is 0 Å². The maximum Gasteiger partial charge on any atom is 0.187 e. The normalized spacial score (nSPS) is 15.2. The number of nitrogens with zero attached hydrogens (tertiary/aromatic N) is 9. The third kappa shape index (κ3) is 7.14. The molecular formula is C31H31ClF2N10O2. The summed E-state index contributed by atoms with van der Waals surface area (Å²) in [5, 5.41) is 18.2. The Kier molecular flexibility index (Phi) is 10.2. The van der Waals surface area contributed by atoms with Crippen molar-refractivity contribution in [3.63, 3.8) is 0 Å². The fourth-order valence-corrected chi connectivity index (χ4v) is 5.52. The van der Waals surface area contributed by atoms with Gasteiger partial charge in [-0.1, -0.05) is 22.8 Å². The number of likely N-dealkylation sites (tertiary alicyclic amines) is 1. The van der Waals surface area contributed by atoms with Gasteiger partial charge in [0.2, 0.25) is 0 Å². The number of nitrogens with one attached hydrogen (secondary N) is 1. The van der Waals surface area contributed by atoms with Crippen molar-refractivity contribution in [1.29, 1.82) is 0 Å². The van der Waals surface area contributed by atoms with Gasteiger partial charge in [0, 0.05) is 55.1 Å². The van der Waals surface area contributed by atoms with Gasteiger partial charge in [0.05, 0.1) is 47.7 Å². The zero-order valence-electron chi connectivity index (χ0n) is 25.2. The Morgan fingerprint density at radius 2 is 1.91 bits per heavy atom. The van der Waals surface area contributed by atoms with Crippen LogP contribution in [-0.4, -0.2) is 69.3 Å². The van der Waals surface area contributed by atoms with E-state index in [1.807, 2.05) is 0 Å². The molecule has 1 saturated heterocycles. The van der Waals surface area contributed by atoms with Gasteiger partial charge in [0.1, 0.15) is 22.6 Å². The van der Waals surface area contributed by atoms with Crippen molar-refractivity contribution in [3.8, 4) is 11.3 Å². The van der Waals surface area contributed by atoms with Crippen molar-refractivity contribution in [3.05, 3.63) is 92.3 Å². The van der Waals surface area contributed by atoms with E-state index in [9.17, 15) is 9.50 Å². The minimum Gasteiger partial charge on any atom is -0.382 e. The van der Waals surface area contributed by atoms with Crippen LogP contribution in [-0.2, 0) is 10.3 Å². The molecule has 1 fully saturated rings. The summed E-state index contributed by atoms with van der Waals surface area (Å²) in [5.41, 5.74) is 9.14. The molecule has 5 rings (SSSR count). The average molecular weight is 649 g/mol. The maximum absolute atomic E-state index is 15.4. The Morgan fingerprint density at radius 1 is 1.17 bits per heavy atom. The van der Waals surface area contributed by atoms with Gasteiger partial charge in [0.15, 0.2) is 17.3 Å². The number of aliphatic hydroxyl groups is 1. The molecule has 0 saturated carbocycles. The summed E-state index contributed by atoms with van der Waals surface area (Å²) in [4.78, 5) is 26.0. The first-order valence-corrected chi connectivity index (χ1v) is 15.0. The minimum atomic E-state index is -1.24. The van der Waals surface area contributed by atoms with Crippen LogP contribution in [0.4, 0.5) is 20.2 Å². The molecule has 0 radical (unpaired) electrons. The molecular weight excluding hydrogens is 618 g/mol. The number of aromatic nitrogens is 4. The summed E-state index contributed by atoms with van der Waals surface area (Å²) in [6, 6.07) is 4.73. The molecule has 12 nitrogen and oxygen atoms in total. The first-order chi connectivity index (χ1) is 22.1. The lowest BCUT2D eigenvalue weighted by molar-refractivity contribution is -0.0375. The Morgan fingerprint density at radius 3 is 2.61 bits per heavy atom. The van der Waals surface area contributed by atoms with Gasteiger partial charge >= 0.3 is 0 Å². The van der Waals surface area contributed by atoms with Crippen LogP contribution in [0.2, 0.25) is 5.02 Å². The number of benzene rings is 1. The number of fused-ring (bicyclic) bond motifs is 1. The van der Waals surface area contributed by atoms with Crippen molar-refractivity contribution < 1.29 is 18.6 Å². The van der Waals surface area contributed by atoms with Crippen LogP contribution in [0, 0.1) is 25.1 Å². The van der Waals surface area contributed by atoms with Crippen LogP contribution in [0.1, 0.15) is 42.9 Å². The van der Waals surface area contributed by atoms with Crippen molar-refractivity contribution in [2.24, 2.45) is 5.11 Å². The summed E-state index contributed by atoms with van der Waals surface area (Å²) >= 11 is 6.65. The molecule has 0 spiro atoms. The van der Waals surface area contributed by atoms with E-state index in [1.165, 1.54) is 36.7 Å². The average Bonchev–Trinajstić information content (AvgIpc) is 3.06. The summed E-state index contributed by atoms with van der Waals surface area (Å²) in [7, 11) is 0. The fourth-order valence-electron chi connectivity index (χ4n) is 5.33. The standard InChI is InChI=1S/C31H31ClF2N10O2/c1-18(22-14-21(36-3)4-5-23(22)33)41-29-26(32)19(2)40-25-15-24(34)27(42-28(25)29)20-16-37-30(38-17-20)31(45)6-9-44(10-7-31)11-13-46-12-8-39-43-35/h4-5,14-18,45H,6-13H2,1-2H3,(H,40,41)/t18-/m1/s1. The van der Waals surface area contributed by atoms with Crippen molar-refractivity contribution in [1.82, 2.24) is 24.8 Å². The summed E-state index contributed by atoms with van der Waals surface area (Å²) in [6.07, 6.45) is 3.66.